The number of rotatable bonds is 3. The van der Waals surface area contributed by atoms with E-state index >= 15 is 0 Å². The van der Waals surface area contributed by atoms with E-state index in [1.54, 1.807) is 28.8 Å². The predicted molar refractivity (Wildman–Crippen MR) is 132 cm³/mol. The number of hydrogen-bond acceptors (Lipinski definition) is 5. The maximum atomic E-state index is 13.7. The third-order valence-corrected chi connectivity index (χ3v) is 7.58. The number of para-hydroxylation sites is 1. The smallest absolute Gasteiger partial charge is 0.274 e. The molecule has 3 aromatic carbocycles. The molecule has 0 N–H and O–H groups in total. The van der Waals surface area contributed by atoms with Gasteiger partial charge in [-0.1, -0.05) is 41.6 Å². The molecule has 0 atom stereocenters. The van der Waals surface area contributed by atoms with Crippen LogP contribution >= 0.6 is 23.5 Å². The average Bonchev–Trinajstić information content (AvgIpc) is 3.33. The first-order valence-corrected chi connectivity index (χ1v) is 11.9. The number of benzene rings is 3. The van der Waals surface area contributed by atoms with Gasteiger partial charge >= 0.3 is 0 Å². The average molecular weight is 462 g/mol. The van der Waals surface area contributed by atoms with E-state index in [1.807, 2.05) is 43.3 Å². The van der Waals surface area contributed by atoms with E-state index in [1.165, 1.54) is 23.9 Å². The van der Waals surface area contributed by atoms with Gasteiger partial charge in [0.1, 0.15) is 15.8 Å². The Balaban J connectivity index is 1.62. The lowest BCUT2D eigenvalue weighted by Crippen LogP contribution is -2.29. The number of hydrogen-bond donors (Lipinski definition) is 0. The molecule has 0 spiro atoms. The molecule has 5 rings (SSSR count). The van der Waals surface area contributed by atoms with E-state index in [4.69, 9.17) is 4.99 Å². The van der Waals surface area contributed by atoms with E-state index in [-0.39, 0.29) is 11.7 Å². The molecule has 2 aliphatic rings. The quantitative estimate of drug-likeness (QED) is 0.407. The summed E-state index contributed by atoms with van der Waals surface area (Å²) in [5.41, 5.74) is 3.60. The van der Waals surface area contributed by atoms with Crippen LogP contribution in [0.15, 0.2) is 92.6 Å². The lowest BCUT2D eigenvalue weighted by Gasteiger charge is -2.19. The molecule has 0 bridgehead atoms. The molecule has 2 heterocycles. The van der Waals surface area contributed by atoms with Crippen LogP contribution in [-0.4, -0.2) is 17.6 Å². The number of carbonyl (C=O) groups excluding carboxylic acids is 1. The molecule has 32 heavy (non-hydrogen) atoms. The zero-order valence-electron chi connectivity index (χ0n) is 17.6. The van der Waals surface area contributed by atoms with Crippen LogP contribution in [0.5, 0.6) is 0 Å². The van der Waals surface area contributed by atoms with Gasteiger partial charge in [0.25, 0.3) is 5.91 Å². The van der Waals surface area contributed by atoms with E-state index in [0.29, 0.717) is 15.8 Å². The summed E-state index contributed by atoms with van der Waals surface area (Å²) in [6.07, 6.45) is 0. The van der Waals surface area contributed by atoms with Crippen molar-refractivity contribution >= 4 is 51.7 Å². The Kier molecular flexibility index (Phi) is 5.53. The fourth-order valence-corrected chi connectivity index (χ4v) is 6.04. The topological polar surface area (TPSA) is 35.9 Å². The monoisotopic (exact) mass is 461 g/mol. The van der Waals surface area contributed by atoms with Gasteiger partial charge in [-0.15, -0.1) is 0 Å². The minimum absolute atomic E-state index is 0.152. The molecule has 1 fully saturated rings. The highest BCUT2D eigenvalue weighted by atomic mass is 32.2. The molecule has 0 saturated carbocycles. The van der Waals surface area contributed by atoms with Crippen LogP contribution < -0.4 is 9.80 Å². The van der Waals surface area contributed by atoms with Crippen molar-refractivity contribution in [1.82, 2.24) is 0 Å². The Morgan fingerprint density at radius 1 is 0.938 bits per heavy atom. The van der Waals surface area contributed by atoms with Gasteiger partial charge < -0.3 is 4.90 Å². The van der Waals surface area contributed by atoms with Crippen molar-refractivity contribution in [2.24, 2.45) is 4.99 Å². The summed E-state index contributed by atoms with van der Waals surface area (Å²) in [5, 5.41) is 1.46. The second kappa shape index (κ2) is 8.48. The predicted octanol–water partition coefficient (Wildman–Crippen LogP) is 6.70. The molecule has 1 amide bonds. The first kappa shape index (κ1) is 20.8. The molecule has 0 aliphatic carbocycles. The lowest BCUT2D eigenvalue weighted by molar-refractivity contribution is -0.113. The summed E-state index contributed by atoms with van der Waals surface area (Å²) in [4.78, 5) is 24.0. The molecule has 3 aromatic rings. The third-order valence-electron chi connectivity index (χ3n) is 5.24. The van der Waals surface area contributed by atoms with E-state index < -0.39 is 0 Å². The summed E-state index contributed by atoms with van der Waals surface area (Å²) in [7, 11) is 0. The molecule has 7 heteroatoms. The van der Waals surface area contributed by atoms with Gasteiger partial charge in [0.05, 0.1) is 17.1 Å². The SMILES string of the molecule is CCN1C(=C2SC(=Nc3ccc(C)cc3)N(c3ccc(F)cc3)C2=O)Sc2ccccc21. The number of nitrogens with zero attached hydrogens (tertiary/aromatic N) is 3. The summed E-state index contributed by atoms with van der Waals surface area (Å²) in [6.45, 7) is 4.84. The highest BCUT2D eigenvalue weighted by Crippen LogP contribution is 2.51. The van der Waals surface area contributed by atoms with E-state index in [9.17, 15) is 9.18 Å². The molecule has 0 radical (unpaired) electrons. The number of fused-ring (bicyclic) bond motifs is 1. The van der Waals surface area contributed by atoms with E-state index in [2.05, 4.69) is 24.0 Å². The standard InChI is InChI=1S/C25H20FN3OS2/c1-3-28-20-6-4-5-7-21(20)31-24(28)22-23(30)29(19-14-10-17(26)11-15-19)25(32-22)27-18-12-8-16(2)9-13-18/h4-15H,3H2,1-2H3. The molecular weight excluding hydrogens is 441 g/mol. The van der Waals surface area contributed by atoms with Crippen LogP contribution in [0.2, 0.25) is 0 Å². The van der Waals surface area contributed by atoms with Crippen LogP contribution in [0.3, 0.4) is 0 Å². The maximum Gasteiger partial charge on any atom is 0.274 e. The zero-order valence-corrected chi connectivity index (χ0v) is 19.2. The number of carbonyl (C=O) groups is 1. The Morgan fingerprint density at radius 3 is 2.38 bits per heavy atom. The highest BCUT2D eigenvalue weighted by Gasteiger charge is 2.40. The first-order valence-electron chi connectivity index (χ1n) is 10.3. The van der Waals surface area contributed by atoms with Gasteiger partial charge in [0.2, 0.25) is 0 Å². The molecule has 4 nitrogen and oxygen atoms in total. The minimum atomic E-state index is -0.345. The van der Waals surface area contributed by atoms with Crippen molar-refractivity contribution in [3.8, 4) is 0 Å². The molecule has 0 unspecified atom stereocenters. The fraction of sp³-hybridized carbons (Fsp3) is 0.120. The van der Waals surface area contributed by atoms with Crippen molar-refractivity contribution in [3.05, 3.63) is 94.1 Å². The van der Waals surface area contributed by atoms with Gasteiger partial charge in [-0.25, -0.2) is 9.38 Å². The summed E-state index contributed by atoms with van der Waals surface area (Å²) in [5.74, 6) is -0.496. The summed E-state index contributed by atoms with van der Waals surface area (Å²) < 4.78 is 13.6. The molecule has 1 saturated heterocycles. The number of halogens is 1. The zero-order chi connectivity index (χ0) is 22.2. The number of aliphatic imine (C=N–C) groups is 1. The van der Waals surface area contributed by atoms with Crippen molar-refractivity contribution in [2.75, 3.05) is 16.3 Å². The fourth-order valence-electron chi connectivity index (χ4n) is 3.64. The molecule has 2 aliphatic heterocycles. The normalized spacial score (nSPS) is 19.2. The maximum absolute atomic E-state index is 13.7. The first-order chi connectivity index (χ1) is 15.5. The van der Waals surface area contributed by atoms with Gasteiger partial charge in [0, 0.05) is 11.4 Å². The molecule has 0 aromatic heterocycles. The van der Waals surface area contributed by atoms with Gasteiger partial charge in [-0.2, -0.15) is 0 Å². The number of amides is 1. The van der Waals surface area contributed by atoms with Crippen molar-refractivity contribution < 1.29 is 9.18 Å². The number of amidine groups is 1. The number of aryl methyl sites for hydroxylation is 1. The highest BCUT2D eigenvalue weighted by molar-refractivity contribution is 8.20. The van der Waals surface area contributed by atoms with Crippen molar-refractivity contribution in [2.45, 2.75) is 18.7 Å². The van der Waals surface area contributed by atoms with Gasteiger partial charge in [0.15, 0.2) is 5.17 Å². The van der Waals surface area contributed by atoms with Crippen LogP contribution in [0, 0.1) is 12.7 Å². The van der Waals surface area contributed by atoms with Crippen LogP contribution in [0.1, 0.15) is 12.5 Å². The lowest BCUT2D eigenvalue weighted by atomic mass is 10.2. The molecular formula is C25H20FN3OS2. The minimum Gasteiger partial charge on any atom is -0.334 e. The second-order valence-electron chi connectivity index (χ2n) is 7.40. The summed E-state index contributed by atoms with van der Waals surface area (Å²) >= 11 is 2.96. The van der Waals surface area contributed by atoms with Crippen LogP contribution in [-0.2, 0) is 4.79 Å². The van der Waals surface area contributed by atoms with Crippen LogP contribution in [0.4, 0.5) is 21.5 Å². The van der Waals surface area contributed by atoms with Gasteiger partial charge in [-0.05, 0) is 74.1 Å². The number of anilines is 2. The Hall–Kier alpha value is -3.03. The van der Waals surface area contributed by atoms with E-state index in [0.717, 1.165) is 33.4 Å². The van der Waals surface area contributed by atoms with Crippen molar-refractivity contribution in [1.29, 1.82) is 0 Å². The van der Waals surface area contributed by atoms with Crippen molar-refractivity contribution in [3.63, 3.8) is 0 Å². The van der Waals surface area contributed by atoms with Crippen LogP contribution in [0.25, 0.3) is 0 Å². The third kappa shape index (κ3) is 3.72. The Bertz CT molecular complexity index is 1250. The number of thioether (sulfide) groups is 2. The summed E-state index contributed by atoms with van der Waals surface area (Å²) in [6, 6.07) is 21.9. The Morgan fingerprint density at radius 2 is 1.66 bits per heavy atom. The largest absolute Gasteiger partial charge is 0.334 e. The molecule has 160 valence electrons. The second-order valence-corrected chi connectivity index (χ2v) is 9.41. The Labute approximate surface area is 194 Å². The van der Waals surface area contributed by atoms with Gasteiger partial charge in [-0.3, -0.25) is 9.69 Å².